The number of hydrogen-bond donors (Lipinski definition) is 3. The summed E-state index contributed by atoms with van der Waals surface area (Å²) >= 11 is 12.0. The van der Waals surface area contributed by atoms with Gasteiger partial charge in [0.2, 0.25) is 5.91 Å². The smallest absolute Gasteiger partial charge is 0.342 e. The summed E-state index contributed by atoms with van der Waals surface area (Å²) < 4.78 is 1.35. The molecule has 1 aromatic heterocycles. The summed E-state index contributed by atoms with van der Waals surface area (Å²) in [7, 11) is 0. The number of anilines is 1. The van der Waals surface area contributed by atoms with Gasteiger partial charge < -0.3 is 15.7 Å². The molecule has 0 radical (unpaired) electrons. The molecule has 1 aliphatic carbocycles. The van der Waals surface area contributed by atoms with Crippen LogP contribution in [0.5, 0.6) is 5.75 Å². The number of carbonyl (C=O) groups is 2. The SMILES string of the molecule is CCC(=O)Nc1ccc(O)c(-c2cc(C3CC3)n(C(=O)NCc3ccc(Cl)c(Cl)c3)n2)c1. The number of aromatic hydroxyl groups is 1. The monoisotopic (exact) mass is 472 g/mol. The van der Waals surface area contributed by atoms with E-state index >= 15 is 0 Å². The molecule has 3 N–H and O–H groups in total. The first-order valence-corrected chi connectivity index (χ1v) is 11.1. The molecular weight excluding hydrogens is 451 g/mol. The van der Waals surface area contributed by atoms with Gasteiger partial charge in [-0.2, -0.15) is 9.78 Å². The van der Waals surface area contributed by atoms with Crippen LogP contribution in [0, 0.1) is 0 Å². The van der Waals surface area contributed by atoms with Gasteiger partial charge in [0.1, 0.15) is 5.75 Å². The van der Waals surface area contributed by atoms with Crippen LogP contribution in [-0.4, -0.2) is 26.8 Å². The lowest BCUT2D eigenvalue weighted by atomic mass is 10.1. The molecule has 1 fully saturated rings. The van der Waals surface area contributed by atoms with E-state index in [1.807, 2.05) is 6.07 Å². The summed E-state index contributed by atoms with van der Waals surface area (Å²) in [6.45, 7) is 2.02. The second kappa shape index (κ2) is 9.22. The number of halogens is 2. The van der Waals surface area contributed by atoms with Crippen molar-refractivity contribution in [2.45, 2.75) is 38.6 Å². The van der Waals surface area contributed by atoms with Gasteiger partial charge in [-0.15, -0.1) is 0 Å². The lowest BCUT2D eigenvalue weighted by Gasteiger charge is -2.09. The van der Waals surface area contributed by atoms with Gasteiger partial charge in [-0.3, -0.25) is 4.79 Å². The van der Waals surface area contributed by atoms with Crippen molar-refractivity contribution in [2.24, 2.45) is 0 Å². The number of phenols is 1. The fourth-order valence-corrected chi connectivity index (χ4v) is 3.65. The Labute approximate surface area is 195 Å². The van der Waals surface area contributed by atoms with Crippen molar-refractivity contribution in [3.05, 3.63) is 63.8 Å². The van der Waals surface area contributed by atoms with Crippen LogP contribution >= 0.6 is 23.2 Å². The Balaban J connectivity index is 1.59. The number of hydrogen-bond acceptors (Lipinski definition) is 4. The first kappa shape index (κ1) is 22.2. The molecule has 0 atom stereocenters. The van der Waals surface area contributed by atoms with Crippen LogP contribution in [-0.2, 0) is 11.3 Å². The lowest BCUT2D eigenvalue weighted by Crippen LogP contribution is -2.30. The third kappa shape index (κ3) is 4.89. The number of carbonyl (C=O) groups excluding carboxylic acids is 2. The zero-order valence-electron chi connectivity index (χ0n) is 17.4. The van der Waals surface area contributed by atoms with Crippen LogP contribution in [0.15, 0.2) is 42.5 Å². The number of phenolic OH excluding ortho intramolecular Hbond substituents is 1. The highest BCUT2D eigenvalue weighted by molar-refractivity contribution is 6.42. The van der Waals surface area contributed by atoms with Gasteiger partial charge >= 0.3 is 6.03 Å². The molecule has 32 heavy (non-hydrogen) atoms. The molecule has 3 aromatic rings. The standard InChI is InChI=1S/C23H22Cl2N4O3/c1-2-22(31)27-15-6-8-21(30)16(10-15)19-11-20(14-4-5-14)29(28-19)23(32)26-12-13-3-7-17(24)18(25)9-13/h3,6-11,14,30H,2,4-5,12H2,1H3,(H,26,32)(H,27,31). The molecule has 166 valence electrons. The average molecular weight is 473 g/mol. The maximum atomic E-state index is 12.9. The minimum Gasteiger partial charge on any atom is -0.507 e. The fraction of sp³-hybridized carbons (Fsp3) is 0.261. The molecule has 1 saturated carbocycles. The quantitative estimate of drug-likeness (QED) is 0.409. The number of rotatable bonds is 6. The van der Waals surface area contributed by atoms with Gasteiger partial charge in [0.15, 0.2) is 0 Å². The Morgan fingerprint density at radius 1 is 1.12 bits per heavy atom. The van der Waals surface area contributed by atoms with Crippen molar-refractivity contribution in [2.75, 3.05) is 5.32 Å². The Hall–Kier alpha value is -3.03. The minimum absolute atomic E-state index is 0.0164. The van der Waals surface area contributed by atoms with E-state index in [-0.39, 0.29) is 30.2 Å². The molecule has 0 aliphatic heterocycles. The van der Waals surface area contributed by atoms with E-state index in [0.29, 0.717) is 33.4 Å². The predicted molar refractivity (Wildman–Crippen MR) is 124 cm³/mol. The minimum atomic E-state index is -0.376. The molecule has 4 rings (SSSR count). The summed E-state index contributed by atoms with van der Waals surface area (Å²) in [5.41, 5.74) is 3.05. The van der Waals surface area contributed by atoms with Crippen LogP contribution in [0.4, 0.5) is 10.5 Å². The number of aromatic nitrogens is 2. The molecule has 0 saturated heterocycles. The van der Waals surface area contributed by atoms with Crippen molar-refractivity contribution >= 4 is 40.8 Å². The van der Waals surface area contributed by atoms with E-state index in [1.165, 1.54) is 10.7 Å². The van der Waals surface area contributed by atoms with Gasteiger partial charge in [0, 0.05) is 30.1 Å². The van der Waals surface area contributed by atoms with Gasteiger partial charge in [-0.1, -0.05) is 36.2 Å². The largest absolute Gasteiger partial charge is 0.507 e. The van der Waals surface area contributed by atoms with Crippen LogP contribution < -0.4 is 10.6 Å². The second-order valence-electron chi connectivity index (χ2n) is 7.68. The Morgan fingerprint density at radius 3 is 2.59 bits per heavy atom. The summed E-state index contributed by atoms with van der Waals surface area (Å²) in [6.07, 6.45) is 2.29. The van der Waals surface area contributed by atoms with Crippen molar-refractivity contribution < 1.29 is 14.7 Å². The van der Waals surface area contributed by atoms with E-state index in [4.69, 9.17) is 23.2 Å². The van der Waals surface area contributed by atoms with Crippen LogP contribution in [0.2, 0.25) is 10.0 Å². The molecular formula is C23H22Cl2N4O3. The molecule has 1 aliphatic rings. The van der Waals surface area contributed by atoms with Crippen LogP contribution in [0.1, 0.15) is 43.4 Å². The Morgan fingerprint density at radius 2 is 1.91 bits per heavy atom. The van der Waals surface area contributed by atoms with Gasteiger partial charge in [0.05, 0.1) is 21.4 Å². The van der Waals surface area contributed by atoms with Crippen molar-refractivity contribution in [3.8, 4) is 17.0 Å². The topological polar surface area (TPSA) is 96.2 Å². The van der Waals surface area contributed by atoms with E-state index in [0.717, 1.165) is 24.1 Å². The van der Waals surface area contributed by atoms with E-state index in [1.54, 1.807) is 37.3 Å². The average Bonchev–Trinajstić information content (AvgIpc) is 3.53. The van der Waals surface area contributed by atoms with E-state index in [9.17, 15) is 14.7 Å². The fourth-order valence-electron chi connectivity index (χ4n) is 3.33. The number of benzene rings is 2. The zero-order chi connectivity index (χ0) is 22.8. The molecule has 7 nitrogen and oxygen atoms in total. The highest BCUT2D eigenvalue weighted by atomic mass is 35.5. The summed E-state index contributed by atoms with van der Waals surface area (Å²) in [6, 6.07) is 11.4. The van der Waals surface area contributed by atoms with Gasteiger partial charge in [0.25, 0.3) is 0 Å². The maximum absolute atomic E-state index is 12.9. The molecule has 0 bridgehead atoms. The first-order chi connectivity index (χ1) is 15.4. The second-order valence-corrected chi connectivity index (χ2v) is 8.50. The predicted octanol–water partition coefficient (Wildman–Crippen LogP) is 5.55. The maximum Gasteiger partial charge on any atom is 0.342 e. The Bertz CT molecular complexity index is 1190. The Kier molecular flexibility index (Phi) is 6.39. The molecule has 2 amide bonds. The molecule has 9 heteroatoms. The number of nitrogens with one attached hydrogen (secondary N) is 2. The summed E-state index contributed by atoms with van der Waals surface area (Å²) in [5.74, 6) is 0.132. The van der Waals surface area contributed by atoms with E-state index in [2.05, 4.69) is 15.7 Å². The molecule has 2 aromatic carbocycles. The third-order valence-electron chi connectivity index (χ3n) is 5.23. The third-order valence-corrected chi connectivity index (χ3v) is 5.97. The lowest BCUT2D eigenvalue weighted by molar-refractivity contribution is -0.115. The normalized spacial score (nSPS) is 13.1. The van der Waals surface area contributed by atoms with Crippen molar-refractivity contribution in [1.82, 2.24) is 15.1 Å². The van der Waals surface area contributed by atoms with Crippen LogP contribution in [0.25, 0.3) is 11.3 Å². The molecule has 0 unspecified atom stereocenters. The zero-order valence-corrected chi connectivity index (χ0v) is 18.9. The van der Waals surface area contributed by atoms with Crippen LogP contribution in [0.3, 0.4) is 0 Å². The summed E-state index contributed by atoms with van der Waals surface area (Å²) in [4.78, 5) is 24.6. The highest BCUT2D eigenvalue weighted by Gasteiger charge is 2.30. The molecule has 0 spiro atoms. The number of nitrogens with zero attached hydrogens (tertiary/aromatic N) is 2. The van der Waals surface area contributed by atoms with Crippen molar-refractivity contribution in [1.29, 1.82) is 0 Å². The molecule has 1 heterocycles. The van der Waals surface area contributed by atoms with Crippen molar-refractivity contribution in [3.63, 3.8) is 0 Å². The van der Waals surface area contributed by atoms with Gasteiger partial charge in [-0.25, -0.2) is 4.79 Å². The first-order valence-electron chi connectivity index (χ1n) is 10.3. The van der Waals surface area contributed by atoms with Gasteiger partial charge in [-0.05, 0) is 54.8 Å². The van der Waals surface area contributed by atoms with E-state index < -0.39 is 0 Å². The number of amides is 2. The highest BCUT2D eigenvalue weighted by Crippen LogP contribution is 2.42. The summed E-state index contributed by atoms with van der Waals surface area (Å²) in [5, 5.41) is 21.4.